The van der Waals surface area contributed by atoms with E-state index in [0.29, 0.717) is 22.5 Å². The van der Waals surface area contributed by atoms with Gasteiger partial charge in [-0.1, -0.05) is 18.2 Å². The number of benzene rings is 2. The van der Waals surface area contributed by atoms with Gasteiger partial charge in [0.25, 0.3) is 5.91 Å². The molecule has 0 unspecified atom stereocenters. The molecule has 0 aliphatic heterocycles. The Kier molecular flexibility index (Phi) is 4.12. The fourth-order valence-electron chi connectivity index (χ4n) is 2.80. The van der Waals surface area contributed by atoms with E-state index < -0.39 is 23.4 Å². The molecule has 7 heteroatoms. The molecule has 0 saturated heterocycles. The number of halogens is 3. The van der Waals surface area contributed by atoms with Gasteiger partial charge in [0.15, 0.2) is 17.5 Å². The van der Waals surface area contributed by atoms with Gasteiger partial charge in [0.2, 0.25) is 0 Å². The van der Waals surface area contributed by atoms with Crippen molar-refractivity contribution in [1.29, 1.82) is 0 Å². The molecule has 2 aromatic carbocycles. The minimum Gasteiger partial charge on any atom is -0.321 e. The lowest BCUT2D eigenvalue weighted by Crippen LogP contribution is -2.13. The fraction of sp³-hybridized carbons (Fsp3) is 0. The number of nitrogens with one attached hydrogen (secondary N) is 1. The van der Waals surface area contributed by atoms with Crippen LogP contribution in [0.3, 0.4) is 0 Å². The Labute approximate surface area is 151 Å². The Morgan fingerprint density at radius 2 is 1.70 bits per heavy atom. The third-order valence-electron chi connectivity index (χ3n) is 4.13. The SMILES string of the molecule is O=C(Nc1ccccc1-c1cc(F)c(F)c(F)c1)c1ccn2ccnc2c1. The highest BCUT2D eigenvalue weighted by Gasteiger charge is 2.15. The number of nitrogens with zero attached hydrogens (tertiary/aromatic N) is 2. The topological polar surface area (TPSA) is 46.4 Å². The van der Waals surface area contributed by atoms with Gasteiger partial charge in [0.05, 0.1) is 0 Å². The van der Waals surface area contributed by atoms with E-state index in [2.05, 4.69) is 10.3 Å². The van der Waals surface area contributed by atoms with Crippen LogP contribution in [0.15, 0.2) is 67.1 Å². The Bertz CT molecular complexity index is 1150. The zero-order chi connectivity index (χ0) is 19.0. The molecule has 0 atom stereocenters. The molecule has 4 nitrogen and oxygen atoms in total. The summed E-state index contributed by atoms with van der Waals surface area (Å²) in [4.78, 5) is 16.7. The van der Waals surface area contributed by atoms with Gasteiger partial charge in [0, 0.05) is 35.4 Å². The Morgan fingerprint density at radius 1 is 0.963 bits per heavy atom. The van der Waals surface area contributed by atoms with E-state index in [9.17, 15) is 18.0 Å². The number of pyridine rings is 1. The second-order valence-corrected chi connectivity index (χ2v) is 5.86. The predicted octanol–water partition coefficient (Wildman–Crippen LogP) is 4.67. The molecule has 0 aliphatic rings. The van der Waals surface area contributed by atoms with E-state index >= 15 is 0 Å². The molecule has 0 aliphatic carbocycles. The number of carbonyl (C=O) groups excluding carboxylic acids is 1. The van der Waals surface area contributed by atoms with Crippen molar-refractivity contribution in [2.24, 2.45) is 0 Å². The number of para-hydroxylation sites is 1. The average molecular weight is 367 g/mol. The summed E-state index contributed by atoms with van der Waals surface area (Å²) < 4.78 is 42.2. The minimum atomic E-state index is -1.53. The summed E-state index contributed by atoms with van der Waals surface area (Å²) in [6.07, 6.45) is 5.07. The number of aromatic nitrogens is 2. The van der Waals surface area contributed by atoms with Gasteiger partial charge in [-0.25, -0.2) is 18.2 Å². The molecule has 1 amide bonds. The first-order valence-electron chi connectivity index (χ1n) is 8.01. The van der Waals surface area contributed by atoms with Crippen molar-refractivity contribution in [2.75, 3.05) is 5.32 Å². The van der Waals surface area contributed by atoms with Gasteiger partial charge in [-0.05, 0) is 35.9 Å². The third kappa shape index (κ3) is 3.15. The van der Waals surface area contributed by atoms with Crippen LogP contribution in [0, 0.1) is 17.5 Å². The van der Waals surface area contributed by atoms with E-state index in [1.54, 1.807) is 59.4 Å². The quantitative estimate of drug-likeness (QED) is 0.535. The predicted molar refractivity (Wildman–Crippen MR) is 94.9 cm³/mol. The van der Waals surface area contributed by atoms with E-state index in [1.807, 2.05) is 0 Å². The highest BCUT2D eigenvalue weighted by Crippen LogP contribution is 2.30. The summed E-state index contributed by atoms with van der Waals surface area (Å²) in [7, 11) is 0. The van der Waals surface area contributed by atoms with Crippen molar-refractivity contribution < 1.29 is 18.0 Å². The van der Waals surface area contributed by atoms with Crippen LogP contribution < -0.4 is 5.32 Å². The first kappa shape index (κ1) is 16.8. The summed E-state index contributed by atoms with van der Waals surface area (Å²) in [5, 5.41) is 2.72. The van der Waals surface area contributed by atoms with Crippen LogP contribution in [-0.4, -0.2) is 15.3 Å². The highest BCUT2D eigenvalue weighted by atomic mass is 19.2. The van der Waals surface area contributed by atoms with Gasteiger partial charge >= 0.3 is 0 Å². The lowest BCUT2D eigenvalue weighted by atomic mass is 10.0. The van der Waals surface area contributed by atoms with Crippen molar-refractivity contribution in [1.82, 2.24) is 9.38 Å². The monoisotopic (exact) mass is 367 g/mol. The van der Waals surface area contributed by atoms with Crippen LogP contribution in [0.5, 0.6) is 0 Å². The molecule has 1 N–H and O–H groups in total. The van der Waals surface area contributed by atoms with E-state index in [4.69, 9.17) is 0 Å². The van der Waals surface area contributed by atoms with Crippen molar-refractivity contribution in [3.8, 4) is 11.1 Å². The molecule has 2 heterocycles. The Hall–Kier alpha value is -3.61. The van der Waals surface area contributed by atoms with Gasteiger partial charge in [-0.2, -0.15) is 0 Å². The number of hydrogen-bond donors (Lipinski definition) is 1. The maximum atomic E-state index is 13.6. The van der Waals surface area contributed by atoms with Crippen molar-refractivity contribution in [3.05, 3.63) is 90.1 Å². The molecule has 0 spiro atoms. The number of hydrogen-bond acceptors (Lipinski definition) is 2. The third-order valence-corrected chi connectivity index (χ3v) is 4.13. The van der Waals surface area contributed by atoms with Crippen LogP contribution in [0.2, 0.25) is 0 Å². The number of fused-ring (bicyclic) bond motifs is 1. The summed E-state index contributed by atoms with van der Waals surface area (Å²) >= 11 is 0. The summed E-state index contributed by atoms with van der Waals surface area (Å²) in [6, 6.07) is 11.5. The molecule has 2 aromatic heterocycles. The molecular formula is C20H12F3N3O. The normalized spacial score (nSPS) is 10.9. The fourth-order valence-corrected chi connectivity index (χ4v) is 2.80. The van der Waals surface area contributed by atoms with Gasteiger partial charge in [0.1, 0.15) is 5.65 Å². The number of rotatable bonds is 3. The second kappa shape index (κ2) is 6.60. The molecule has 134 valence electrons. The van der Waals surface area contributed by atoms with Crippen molar-refractivity contribution >= 4 is 17.2 Å². The summed E-state index contributed by atoms with van der Waals surface area (Å²) in [5.74, 6) is -4.53. The highest BCUT2D eigenvalue weighted by molar-refractivity contribution is 6.06. The Morgan fingerprint density at radius 3 is 2.48 bits per heavy atom. The van der Waals surface area contributed by atoms with Crippen LogP contribution in [0.1, 0.15) is 10.4 Å². The smallest absolute Gasteiger partial charge is 0.255 e. The van der Waals surface area contributed by atoms with Gasteiger partial charge in [-0.3, -0.25) is 4.79 Å². The van der Waals surface area contributed by atoms with Crippen molar-refractivity contribution in [2.45, 2.75) is 0 Å². The zero-order valence-corrected chi connectivity index (χ0v) is 13.8. The summed E-state index contributed by atoms with van der Waals surface area (Å²) in [6.45, 7) is 0. The maximum absolute atomic E-state index is 13.6. The molecular weight excluding hydrogens is 355 g/mol. The second-order valence-electron chi connectivity index (χ2n) is 5.86. The lowest BCUT2D eigenvalue weighted by molar-refractivity contribution is 0.102. The molecule has 4 rings (SSSR count). The average Bonchev–Trinajstić information content (AvgIpc) is 3.14. The Balaban J connectivity index is 1.69. The number of imidazole rings is 1. The lowest BCUT2D eigenvalue weighted by Gasteiger charge is -2.12. The standard InChI is InChI=1S/C20H12F3N3O/c21-15-9-13(10-16(22)19(15)23)14-3-1-2-4-17(14)25-20(27)12-5-7-26-8-6-24-18(26)11-12/h1-11H,(H,25,27). The number of carbonyl (C=O) groups is 1. The zero-order valence-electron chi connectivity index (χ0n) is 13.8. The van der Waals surface area contributed by atoms with Gasteiger partial charge < -0.3 is 9.72 Å². The molecule has 0 saturated carbocycles. The van der Waals surface area contributed by atoms with Crippen LogP contribution in [-0.2, 0) is 0 Å². The molecule has 0 radical (unpaired) electrons. The molecule has 27 heavy (non-hydrogen) atoms. The van der Waals surface area contributed by atoms with E-state index in [1.165, 1.54) is 0 Å². The minimum absolute atomic E-state index is 0.117. The van der Waals surface area contributed by atoms with Crippen LogP contribution in [0.4, 0.5) is 18.9 Å². The molecule has 0 bridgehead atoms. The van der Waals surface area contributed by atoms with Gasteiger partial charge in [-0.15, -0.1) is 0 Å². The summed E-state index contributed by atoms with van der Waals surface area (Å²) in [5.41, 5.74) is 1.81. The largest absolute Gasteiger partial charge is 0.321 e. The van der Waals surface area contributed by atoms with E-state index in [0.717, 1.165) is 12.1 Å². The van der Waals surface area contributed by atoms with E-state index in [-0.39, 0.29) is 5.56 Å². The van der Waals surface area contributed by atoms with Crippen LogP contribution in [0.25, 0.3) is 16.8 Å². The molecule has 4 aromatic rings. The first-order chi connectivity index (χ1) is 13.0. The molecule has 0 fully saturated rings. The van der Waals surface area contributed by atoms with Crippen LogP contribution >= 0.6 is 0 Å². The maximum Gasteiger partial charge on any atom is 0.255 e. The number of amides is 1. The first-order valence-corrected chi connectivity index (χ1v) is 8.01. The number of anilines is 1. The van der Waals surface area contributed by atoms with Crippen molar-refractivity contribution in [3.63, 3.8) is 0 Å².